The van der Waals surface area contributed by atoms with E-state index in [9.17, 15) is 19.7 Å². The van der Waals surface area contributed by atoms with Crippen LogP contribution in [0.4, 0.5) is 10.7 Å². The molecule has 3 N–H and O–H groups in total. The van der Waals surface area contributed by atoms with E-state index in [-0.39, 0.29) is 28.2 Å². The van der Waals surface area contributed by atoms with Gasteiger partial charge >= 0.3 is 0 Å². The predicted molar refractivity (Wildman–Crippen MR) is 127 cm³/mol. The van der Waals surface area contributed by atoms with Crippen LogP contribution in [0.1, 0.15) is 58.5 Å². The summed E-state index contributed by atoms with van der Waals surface area (Å²) in [4.78, 5) is 37.0. The highest BCUT2D eigenvalue weighted by atomic mass is 32.1. The van der Waals surface area contributed by atoms with Crippen LogP contribution in [0.5, 0.6) is 0 Å². The number of nitro groups is 1. The normalized spacial score (nSPS) is 15.7. The Morgan fingerprint density at radius 3 is 2.61 bits per heavy atom. The summed E-state index contributed by atoms with van der Waals surface area (Å²) < 4.78 is 5.63. The maximum absolute atomic E-state index is 12.9. The SMILES string of the molecule is CC(C)(C)[C@@H]1CCc2c(sc(NC(=O)c3ccc(-c4ccccc4[N+](=O)[O-])o3)c2C(N)=O)C1. The molecular formula is C24H25N3O5S. The number of primary amides is 1. The average molecular weight is 468 g/mol. The summed E-state index contributed by atoms with van der Waals surface area (Å²) in [7, 11) is 0. The molecule has 8 nitrogen and oxygen atoms in total. The number of hydrogen-bond donors (Lipinski definition) is 2. The molecule has 2 amide bonds. The van der Waals surface area contributed by atoms with Crippen molar-refractivity contribution in [3.8, 4) is 11.3 Å². The first-order valence-electron chi connectivity index (χ1n) is 10.7. The average Bonchev–Trinajstić information content (AvgIpc) is 3.37. The molecule has 3 aromatic rings. The number of carbonyl (C=O) groups is 2. The first-order chi connectivity index (χ1) is 15.6. The number of fused-ring (bicyclic) bond motifs is 1. The highest BCUT2D eigenvalue weighted by Gasteiger charge is 2.33. The Hall–Kier alpha value is -3.46. The number of rotatable bonds is 5. The van der Waals surface area contributed by atoms with Crippen molar-refractivity contribution < 1.29 is 18.9 Å². The second kappa shape index (κ2) is 8.47. The Morgan fingerprint density at radius 1 is 1.21 bits per heavy atom. The van der Waals surface area contributed by atoms with Crippen LogP contribution in [-0.2, 0) is 12.8 Å². The molecule has 0 unspecified atom stereocenters. The number of furan rings is 1. The van der Waals surface area contributed by atoms with Gasteiger partial charge in [0.15, 0.2) is 5.76 Å². The van der Waals surface area contributed by atoms with E-state index < -0.39 is 16.7 Å². The topological polar surface area (TPSA) is 128 Å². The van der Waals surface area contributed by atoms with E-state index in [2.05, 4.69) is 26.1 Å². The molecule has 0 bridgehead atoms. The summed E-state index contributed by atoms with van der Waals surface area (Å²) >= 11 is 1.38. The maximum Gasteiger partial charge on any atom is 0.292 e. The number of anilines is 1. The summed E-state index contributed by atoms with van der Waals surface area (Å²) in [5.41, 5.74) is 7.26. The number of benzene rings is 1. The van der Waals surface area contributed by atoms with Gasteiger partial charge in [0.2, 0.25) is 0 Å². The van der Waals surface area contributed by atoms with Gasteiger partial charge in [0.05, 0.1) is 16.1 Å². The number of para-hydroxylation sites is 1. The maximum atomic E-state index is 12.9. The van der Waals surface area contributed by atoms with Crippen molar-refractivity contribution in [3.63, 3.8) is 0 Å². The van der Waals surface area contributed by atoms with Crippen LogP contribution in [0.2, 0.25) is 0 Å². The van der Waals surface area contributed by atoms with E-state index in [1.54, 1.807) is 18.2 Å². The molecule has 0 radical (unpaired) electrons. The van der Waals surface area contributed by atoms with Gasteiger partial charge in [-0.25, -0.2) is 0 Å². The van der Waals surface area contributed by atoms with Crippen LogP contribution in [0, 0.1) is 21.4 Å². The zero-order chi connectivity index (χ0) is 23.9. The van der Waals surface area contributed by atoms with Crippen molar-refractivity contribution in [3.05, 3.63) is 68.3 Å². The molecule has 4 rings (SSSR count). The molecule has 2 heterocycles. The number of nitrogens with zero attached hydrogens (tertiary/aromatic N) is 1. The van der Waals surface area contributed by atoms with Gasteiger partial charge < -0.3 is 15.5 Å². The minimum absolute atomic E-state index is 0.0162. The Bertz CT molecular complexity index is 1250. The molecule has 0 saturated heterocycles. The number of hydrogen-bond acceptors (Lipinski definition) is 6. The number of nitrogens with two attached hydrogens (primary N) is 1. The van der Waals surface area contributed by atoms with Crippen LogP contribution in [0.25, 0.3) is 11.3 Å². The van der Waals surface area contributed by atoms with Gasteiger partial charge in [-0.05, 0) is 54.4 Å². The summed E-state index contributed by atoms with van der Waals surface area (Å²) in [6, 6.07) is 9.12. The summed E-state index contributed by atoms with van der Waals surface area (Å²) in [6.07, 6.45) is 2.53. The molecule has 1 aromatic carbocycles. The van der Waals surface area contributed by atoms with E-state index in [1.165, 1.54) is 29.5 Å². The summed E-state index contributed by atoms with van der Waals surface area (Å²) in [5.74, 6) is -0.453. The molecule has 1 aliphatic carbocycles. The second-order valence-electron chi connectivity index (χ2n) is 9.27. The van der Waals surface area contributed by atoms with Crippen molar-refractivity contribution in [2.75, 3.05) is 5.32 Å². The Kier molecular flexibility index (Phi) is 5.84. The molecule has 2 aromatic heterocycles. The Labute approximate surface area is 194 Å². The highest BCUT2D eigenvalue weighted by molar-refractivity contribution is 7.17. The van der Waals surface area contributed by atoms with Crippen molar-refractivity contribution in [2.45, 2.75) is 40.0 Å². The van der Waals surface area contributed by atoms with Crippen LogP contribution >= 0.6 is 11.3 Å². The van der Waals surface area contributed by atoms with Gasteiger partial charge in [0.25, 0.3) is 17.5 Å². The van der Waals surface area contributed by atoms with Gasteiger partial charge in [-0.15, -0.1) is 11.3 Å². The molecule has 33 heavy (non-hydrogen) atoms. The van der Waals surface area contributed by atoms with Gasteiger partial charge in [-0.3, -0.25) is 19.7 Å². The van der Waals surface area contributed by atoms with Gasteiger partial charge in [0.1, 0.15) is 10.8 Å². The van der Waals surface area contributed by atoms with Crippen LogP contribution in [0.15, 0.2) is 40.8 Å². The van der Waals surface area contributed by atoms with E-state index in [0.717, 1.165) is 29.7 Å². The third-order valence-corrected chi connectivity index (χ3v) is 7.33. The fourth-order valence-corrected chi connectivity index (χ4v) is 5.61. The fourth-order valence-electron chi connectivity index (χ4n) is 4.28. The lowest BCUT2D eigenvalue weighted by atomic mass is 9.72. The van der Waals surface area contributed by atoms with Crippen LogP contribution in [-0.4, -0.2) is 16.7 Å². The smallest absolute Gasteiger partial charge is 0.292 e. The number of nitrogens with one attached hydrogen (secondary N) is 1. The predicted octanol–water partition coefficient (Wildman–Crippen LogP) is 5.42. The number of nitro benzene ring substituents is 1. The standard InChI is InChI=1S/C24H25N3O5S/c1-24(2,3)13-8-9-15-19(12-13)33-23(20(15)21(25)28)26-22(29)18-11-10-17(32-18)14-6-4-5-7-16(14)27(30)31/h4-7,10-11,13H,8-9,12H2,1-3H3,(H2,25,28)(H,26,29)/t13-/m1/s1. The monoisotopic (exact) mass is 467 g/mol. The molecule has 172 valence electrons. The molecule has 1 atom stereocenters. The zero-order valence-electron chi connectivity index (χ0n) is 18.6. The first kappa shape index (κ1) is 22.7. The number of carbonyl (C=O) groups excluding carboxylic acids is 2. The quantitative estimate of drug-likeness (QED) is 0.382. The van der Waals surface area contributed by atoms with E-state index in [0.29, 0.717) is 16.5 Å². The van der Waals surface area contributed by atoms with Crippen molar-refractivity contribution in [1.29, 1.82) is 0 Å². The lowest BCUT2D eigenvalue weighted by molar-refractivity contribution is -0.384. The molecule has 0 saturated carbocycles. The minimum atomic E-state index is -0.572. The Morgan fingerprint density at radius 2 is 1.94 bits per heavy atom. The van der Waals surface area contributed by atoms with Crippen molar-refractivity contribution >= 4 is 33.8 Å². The zero-order valence-corrected chi connectivity index (χ0v) is 19.5. The fraction of sp³-hybridized carbons (Fsp3) is 0.333. The molecule has 0 fully saturated rings. The van der Waals surface area contributed by atoms with Gasteiger partial charge in [0, 0.05) is 10.9 Å². The van der Waals surface area contributed by atoms with E-state index in [1.807, 2.05) is 0 Å². The number of thiophene rings is 1. The molecule has 0 spiro atoms. The lowest BCUT2D eigenvalue weighted by Crippen LogP contribution is -2.27. The summed E-state index contributed by atoms with van der Waals surface area (Å²) in [6.45, 7) is 6.62. The molecular weight excluding hydrogens is 442 g/mol. The van der Waals surface area contributed by atoms with E-state index in [4.69, 9.17) is 10.2 Å². The van der Waals surface area contributed by atoms with Gasteiger partial charge in [-0.2, -0.15) is 0 Å². The molecule has 9 heteroatoms. The van der Waals surface area contributed by atoms with Crippen LogP contribution < -0.4 is 11.1 Å². The Balaban J connectivity index is 1.61. The largest absolute Gasteiger partial charge is 0.451 e. The third-order valence-electron chi connectivity index (χ3n) is 6.16. The van der Waals surface area contributed by atoms with Crippen LogP contribution in [0.3, 0.4) is 0 Å². The molecule has 1 aliphatic rings. The third kappa shape index (κ3) is 4.41. The van der Waals surface area contributed by atoms with Crippen molar-refractivity contribution in [2.24, 2.45) is 17.1 Å². The van der Waals surface area contributed by atoms with Gasteiger partial charge in [-0.1, -0.05) is 32.9 Å². The van der Waals surface area contributed by atoms with E-state index >= 15 is 0 Å². The highest BCUT2D eigenvalue weighted by Crippen LogP contribution is 2.44. The van der Waals surface area contributed by atoms with Crippen molar-refractivity contribution in [1.82, 2.24) is 0 Å². The second-order valence-corrected chi connectivity index (χ2v) is 10.4. The minimum Gasteiger partial charge on any atom is -0.451 e. The summed E-state index contributed by atoms with van der Waals surface area (Å²) in [5, 5.41) is 14.5. The lowest BCUT2D eigenvalue weighted by Gasteiger charge is -2.33. The number of amides is 2. The molecule has 0 aliphatic heterocycles. The first-order valence-corrected chi connectivity index (χ1v) is 11.5.